The summed E-state index contributed by atoms with van der Waals surface area (Å²) in [5.41, 5.74) is 3.52. The van der Waals surface area contributed by atoms with Crippen molar-refractivity contribution in [2.45, 2.75) is 18.9 Å². The van der Waals surface area contributed by atoms with Crippen LogP contribution in [0.2, 0.25) is 0 Å². The van der Waals surface area contributed by atoms with E-state index >= 15 is 0 Å². The third-order valence-corrected chi connectivity index (χ3v) is 5.36. The molecular weight excluding hydrogens is 326 g/mol. The van der Waals surface area contributed by atoms with E-state index in [-0.39, 0.29) is 5.91 Å². The number of hydrogen-bond acceptors (Lipinski definition) is 3. The molecule has 3 aromatic heterocycles. The standard InChI is InChI=1S/C20H25N5O/c1-22(2)15-7-12-24(13-8-15)20(26)16-14-19(17-9-11-23(3)21-17)25-10-5-4-6-18(16)25/h4-6,9-11,14-15H,7-8,12-13H2,1-3H3. The van der Waals surface area contributed by atoms with E-state index in [1.807, 2.05) is 54.7 Å². The van der Waals surface area contributed by atoms with Gasteiger partial charge < -0.3 is 14.2 Å². The lowest BCUT2D eigenvalue weighted by Crippen LogP contribution is -2.44. The Morgan fingerprint density at radius 3 is 2.58 bits per heavy atom. The Kier molecular flexibility index (Phi) is 4.28. The SMILES string of the molecule is CN(C)C1CCN(C(=O)c2cc(-c3ccn(C)n3)n3ccccc23)CC1. The Morgan fingerprint density at radius 2 is 1.92 bits per heavy atom. The summed E-state index contributed by atoms with van der Waals surface area (Å²) in [6.07, 6.45) is 5.97. The number of amides is 1. The predicted octanol–water partition coefficient (Wildman–Crippen LogP) is 2.51. The summed E-state index contributed by atoms with van der Waals surface area (Å²) in [5, 5.41) is 4.51. The van der Waals surface area contributed by atoms with E-state index in [4.69, 9.17) is 0 Å². The average molecular weight is 351 g/mol. The van der Waals surface area contributed by atoms with Crippen molar-refractivity contribution in [1.29, 1.82) is 0 Å². The molecule has 0 radical (unpaired) electrons. The largest absolute Gasteiger partial charge is 0.338 e. The fourth-order valence-corrected chi connectivity index (χ4v) is 3.83. The van der Waals surface area contributed by atoms with Gasteiger partial charge in [-0.1, -0.05) is 6.07 Å². The number of fused-ring (bicyclic) bond motifs is 1. The van der Waals surface area contributed by atoms with Crippen LogP contribution in [-0.4, -0.2) is 63.1 Å². The fraction of sp³-hybridized carbons (Fsp3) is 0.400. The Hall–Kier alpha value is -2.60. The quantitative estimate of drug-likeness (QED) is 0.728. The highest BCUT2D eigenvalue weighted by atomic mass is 16.2. The predicted molar refractivity (Wildman–Crippen MR) is 102 cm³/mol. The number of hydrogen-bond donors (Lipinski definition) is 0. The molecule has 136 valence electrons. The molecule has 1 aliphatic rings. The van der Waals surface area contributed by atoms with Gasteiger partial charge in [0.1, 0.15) is 5.69 Å². The zero-order chi connectivity index (χ0) is 18.3. The number of aromatic nitrogens is 3. The van der Waals surface area contributed by atoms with Gasteiger partial charge in [-0.3, -0.25) is 9.48 Å². The second-order valence-corrected chi connectivity index (χ2v) is 7.26. The van der Waals surface area contributed by atoms with E-state index < -0.39 is 0 Å². The van der Waals surface area contributed by atoms with E-state index in [1.54, 1.807) is 4.68 Å². The number of carbonyl (C=O) groups excluding carboxylic acids is 1. The van der Waals surface area contributed by atoms with Gasteiger partial charge in [0, 0.05) is 38.6 Å². The van der Waals surface area contributed by atoms with Crippen LogP contribution in [0.15, 0.2) is 42.7 Å². The summed E-state index contributed by atoms with van der Waals surface area (Å²) in [6, 6.07) is 10.5. The van der Waals surface area contributed by atoms with E-state index in [9.17, 15) is 4.79 Å². The van der Waals surface area contributed by atoms with Gasteiger partial charge in [-0.25, -0.2) is 0 Å². The highest BCUT2D eigenvalue weighted by Crippen LogP contribution is 2.27. The van der Waals surface area contributed by atoms with Crippen molar-refractivity contribution in [1.82, 2.24) is 24.0 Å². The first-order valence-corrected chi connectivity index (χ1v) is 9.10. The first-order chi connectivity index (χ1) is 12.5. The molecule has 1 amide bonds. The molecule has 1 fully saturated rings. The molecule has 0 N–H and O–H groups in total. The molecule has 4 rings (SSSR count). The van der Waals surface area contributed by atoms with Crippen molar-refractivity contribution in [3.05, 3.63) is 48.3 Å². The fourth-order valence-electron chi connectivity index (χ4n) is 3.83. The second kappa shape index (κ2) is 6.61. The zero-order valence-corrected chi connectivity index (χ0v) is 15.6. The first kappa shape index (κ1) is 16.8. The Labute approximate surface area is 153 Å². The minimum Gasteiger partial charge on any atom is -0.338 e. The number of piperidine rings is 1. The maximum atomic E-state index is 13.2. The summed E-state index contributed by atoms with van der Waals surface area (Å²) in [5.74, 6) is 0.119. The van der Waals surface area contributed by atoms with E-state index in [2.05, 4.69) is 28.5 Å². The smallest absolute Gasteiger partial charge is 0.256 e. The number of aryl methyl sites for hydroxylation is 1. The van der Waals surface area contributed by atoms with Crippen molar-refractivity contribution < 1.29 is 4.79 Å². The lowest BCUT2D eigenvalue weighted by atomic mass is 10.0. The van der Waals surface area contributed by atoms with Gasteiger partial charge in [0.2, 0.25) is 0 Å². The zero-order valence-electron chi connectivity index (χ0n) is 15.6. The molecular formula is C20H25N5O. The number of nitrogens with zero attached hydrogens (tertiary/aromatic N) is 5. The summed E-state index contributed by atoms with van der Waals surface area (Å²) in [4.78, 5) is 17.5. The molecule has 6 heteroatoms. The number of pyridine rings is 1. The third-order valence-electron chi connectivity index (χ3n) is 5.36. The van der Waals surface area contributed by atoms with E-state index in [0.717, 1.165) is 48.4 Å². The van der Waals surface area contributed by atoms with Crippen LogP contribution in [-0.2, 0) is 7.05 Å². The molecule has 0 atom stereocenters. The molecule has 3 aromatic rings. The van der Waals surface area contributed by atoms with Crippen LogP contribution in [0.25, 0.3) is 16.9 Å². The van der Waals surface area contributed by atoms with Crippen LogP contribution in [0.4, 0.5) is 0 Å². The van der Waals surface area contributed by atoms with Gasteiger partial charge in [-0.05, 0) is 51.2 Å². The first-order valence-electron chi connectivity index (χ1n) is 9.10. The molecule has 0 bridgehead atoms. The number of rotatable bonds is 3. The van der Waals surface area contributed by atoms with Gasteiger partial charge in [-0.15, -0.1) is 0 Å². The normalized spacial score (nSPS) is 15.9. The lowest BCUT2D eigenvalue weighted by molar-refractivity contribution is 0.0665. The average Bonchev–Trinajstić information content (AvgIpc) is 3.25. The lowest BCUT2D eigenvalue weighted by Gasteiger charge is -2.35. The molecule has 4 heterocycles. The minimum atomic E-state index is 0.119. The number of likely N-dealkylation sites (tertiary alicyclic amines) is 1. The summed E-state index contributed by atoms with van der Waals surface area (Å²) in [7, 11) is 6.13. The molecule has 1 aliphatic heterocycles. The van der Waals surface area contributed by atoms with Crippen LogP contribution < -0.4 is 0 Å². The van der Waals surface area contributed by atoms with Crippen LogP contribution in [0.1, 0.15) is 23.2 Å². The van der Waals surface area contributed by atoms with Crippen molar-refractivity contribution in [2.24, 2.45) is 7.05 Å². The molecule has 0 aliphatic carbocycles. The minimum absolute atomic E-state index is 0.119. The highest BCUT2D eigenvalue weighted by Gasteiger charge is 2.27. The van der Waals surface area contributed by atoms with Crippen molar-refractivity contribution in [3.63, 3.8) is 0 Å². The van der Waals surface area contributed by atoms with Gasteiger partial charge in [0.15, 0.2) is 0 Å². The van der Waals surface area contributed by atoms with Crippen LogP contribution >= 0.6 is 0 Å². The van der Waals surface area contributed by atoms with E-state index in [0.29, 0.717) is 6.04 Å². The number of carbonyl (C=O) groups is 1. The Bertz CT molecular complexity index is 931. The molecule has 26 heavy (non-hydrogen) atoms. The van der Waals surface area contributed by atoms with Gasteiger partial charge in [0.05, 0.1) is 16.8 Å². The molecule has 0 saturated carbocycles. The Balaban J connectivity index is 1.68. The summed E-state index contributed by atoms with van der Waals surface area (Å²) in [6.45, 7) is 1.62. The van der Waals surface area contributed by atoms with E-state index in [1.165, 1.54) is 0 Å². The maximum Gasteiger partial charge on any atom is 0.256 e. The summed E-state index contributed by atoms with van der Waals surface area (Å²) < 4.78 is 3.84. The van der Waals surface area contributed by atoms with Crippen LogP contribution in [0, 0.1) is 0 Å². The monoisotopic (exact) mass is 351 g/mol. The molecule has 0 aromatic carbocycles. The molecule has 0 spiro atoms. The van der Waals surface area contributed by atoms with Gasteiger partial charge in [0.25, 0.3) is 5.91 Å². The maximum absolute atomic E-state index is 13.2. The second-order valence-electron chi connectivity index (χ2n) is 7.26. The summed E-state index contributed by atoms with van der Waals surface area (Å²) >= 11 is 0. The Morgan fingerprint density at radius 1 is 1.15 bits per heavy atom. The van der Waals surface area contributed by atoms with Crippen molar-refractivity contribution in [3.8, 4) is 11.4 Å². The van der Waals surface area contributed by atoms with Crippen molar-refractivity contribution in [2.75, 3.05) is 27.2 Å². The molecule has 6 nitrogen and oxygen atoms in total. The van der Waals surface area contributed by atoms with Gasteiger partial charge in [-0.2, -0.15) is 5.10 Å². The van der Waals surface area contributed by atoms with Gasteiger partial charge >= 0.3 is 0 Å². The highest BCUT2D eigenvalue weighted by molar-refractivity contribution is 6.02. The topological polar surface area (TPSA) is 45.8 Å². The van der Waals surface area contributed by atoms with Crippen molar-refractivity contribution >= 4 is 11.4 Å². The third kappa shape index (κ3) is 2.90. The molecule has 1 saturated heterocycles. The molecule has 0 unspecified atom stereocenters. The van der Waals surface area contributed by atoms with Crippen LogP contribution in [0.3, 0.4) is 0 Å². The van der Waals surface area contributed by atoms with Crippen LogP contribution in [0.5, 0.6) is 0 Å².